The number of amides is 4. The number of fused-ring (bicyclic) bond motifs is 1. The summed E-state index contributed by atoms with van der Waals surface area (Å²) in [6.45, 7) is 6.62. The molecule has 2 saturated heterocycles. The van der Waals surface area contributed by atoms with Crippen LogP contribution in [0.15, 0.2) is 66.9 Å². The molecule has 250 valence electrons. The monoisotopic (exact) mass is 650 g/mol. The zero-order chi connectivity index (χ0) is 33.7. The molecule has 2 aromatic carbocycles. The summed E-state index contributed by atoms with van der Waals surface area (Å²) in [5, 5.41) is 15.7. The number of nitrogens with zero attached hydrogens (tertiary/aromatic N) is 4. The van der Waals surface area contributed by atoms with Crippen molar-refractivity contribution in [3.8, 4) is 0 Å². The van der Waals surface area contributed by atoms with Crippen molar-refractivity contribution in [2.45, 2.75) is 70.3 Å². The SMILES string of the molecule is Cc1cc(N2CC[C@](C)(c3ccccc3)C2)cn2nc(C(=O)NCCCCCC(=O)Nc3ccc(NC4CCC(=O)NC4=O)cc3)nc12. The number of anilines is 3. The summed E-state index contributed by atoms with van der Waals surface area (Å²) in [4.78, 5) is 55.4. The Labute approximate surface area is 279 Å². The molecular weight excluding hydrogens is 608 g/mol. The van der Waals surface area contributed by atoms with Gasteiger partial charge in [0, 0.05) is 49.3 Å². The van der Waals surface area contributed by atoms with Gasteiger partial charge in [-0.15, -0.1) is 5.10 Å². The highest BCUT2D eigenvalue weighted by Gasteiger charge is 2.35. The molecule has 0 aliphatic carbocycles. The lowest BCUT2D eigenvalue weighted by atomic mass is 9.82. The van der Waals surface area contributed by atoms with E-state index in [9.17, 15) is 19.2 Å². The second-order valence-corrected chi connectivity index (χ2v) is 13.0. The first kappa shape index (κ1) is 32.7. The average Bonchev–Trinajstić information content (AvgIpc) is 3.70. The number of aromatic nitrogens is 3. The average molecular weight is 651 g/mol. The normalized spacial score (nSPS) is 19.3. The molecule has 2 aliphatic heterocycles. The molecule has 4 amide bonds. The van der Waals surface area contributed by atoms with Gasteiger partial charge in [0.1, 0.15) is 6.04 Å². The second-order valence-electron chi connectivity index (χ2n) is 13.0. The standard InChI is InChI=1S/C36H42N8O4/c1-24-21-28(43-20-18-36(2,23-43)25-9-5-3-6-10-25)22-44-33(24)41-32(42-44)35(48)37-19-8-4-7-11-30(45)39-27-14-12-26(13-15-27)38-29-16-17-31(46)40-34(29)47/h3,5-6,9-10,12-15,21-22,29,38H,4,7-8,11,16-20,23H2,1-2H3,(H,37,48)(H,39,45)(H,40,46,47)/t29?,36-/m0/s1. The van der Waals surface area contributed by atoms with Crippen LogP contribution in [0.1, 0.15) is 73.6 Å². The Balaban J connectivity index is 0.914. The molecule has 12 nitrogen and oxygen atoms in total. The largest absolute Gasteiger partial charge is 0.374 e. The predicted molar refractivity (Wildman–Crippen MR) is 184 cm³/mol. The van der Waals surface area contributed by atoms with Gasteiger partial charge in [-0.1, -0.05) is 43.7 Å². The Hall–Kier alpha value is -5.26. The smallest absolute Gasteiger partial charge is 0.290 e. The first-order valence-corrected chi connectivity index (χ1v) is 16.6. The quantitative estimate of drug-likeness (QED) is 0.131. The highest BCUT2D eigenvalue weighted by molar-refractivity contribution is 6.01. The van der Waals surface area contributed by atoms with Gasteiger partial charge in [0.15, 0.2) is 5.65 Å². The molecular formula is C36H42N8O4. The Kier molecular flexibility index (Phi) is 9.70. The first-order valence-electron chi connectivity index (χ1n) is 16.6. The van der Waals surface area contributed by atoms with Crippen molar-refractivity contribution in [1.29, 1.82) is 0 Å². The Morgan fingerprint density at radius 2 is 1.79 bits per heavy atom. The molecule has 2 aromatic heterocycles. The van der Waals surface area contributed by atoms with Gasteiger partial charge in [0.2, 0.25) is 23.5 Å². The molecule has 0 spiro atoms. The highest BCUT2D eigenvalue weighted by Crippen LogP contribution is 2.36. The van der Waals surface area contributed by atoms with E-state index < -0.39 is 6.04 Å². The van der Waals surface area contributed by atoms with Gasteiger partial charge in [-0.3, -0.25) is 24.5 Å². The van der Waals surface area contributed by atoms with Crippen molar-refractivity contribution < 1.29 is 19.2 Å². The zero-order valence-corrected chi connectivity index (χ0v) is 27.4. The van der Waals surface area contributed by atoms with Gasteiger partial charge in [0.25, 0.3) is 5.91 Å². The Bertz CT molecular complexity index is 1810. The van der Waals surface area contributed by atoms with Crippen molar-refractivity contribution in [2.75, 3.05) is 35.2 Å². The van der Waals surface area contributed by atoms with Crippen LogP contribution in [0.4, 0.5) is 17.1 Å². The molecule has 2 fully saturated rings. The minimum atomic E-state index is -0.459. The van der Waals surface area contributed by atoms with E-state index in [1.165, 1.54) is 5.56 Å². The number of rotatable bonds is 12. The molecule has 12 heteroatoms. The second kappa shape index (κ2) is 14.2. The summed E-state index contributed by atoms with van der Waals surface area (Å²) >= 11 is 0. The zero-order valence-electron chi connectivity index (χ0n) is 27.4. The minimum absolute atomic E-state index is 0.0772. The van der Waals surface area contributed by atoms with Crippen molar-refractivity contribution in [3.63, 3.8) is 0 Å². The Morgan fingerprint density at radius 3 is 2.56 bits per heavy atom. The van der Waals surface area contributed by atoms with Crippen molar-refractivity contribution in [1.82, 2.24) is 25.2 Å². The lowest BCUT2D eigenvalue weighted by Gasteiger charge is -2.26. The first-order chi connectivity index (χ1) is 23.2. The molecule has 6 rings (SSSR count). The number of imide groups is 1. The fourth-order valence-corrected chi connectivity index (χ4v) is 6.43. The summed E-state index contributed by atoms with van der Waals surface area (Å²) in [6.07, 6.45) is 6.32. The Morgan fingerprint density at radius 1 is 1.02 bits per heavy atom. The molecule has 48 heavy (non-hydrogen) atoms. The molecule has 0 radical (unpaired) electrons. The van der Waals surface area contributed by atoms with Crippen molar-refractivity contribution in [2.24, 2.45) is 0 Å². The van der Waals surface area contributed by atoms with Crippen LogP contribution < -0.4 is 26.2 Å². The van der Waals surface area contributed by atoms with Crippen molar-refractivity contribution in [3.05, 3.63) is 83.8 Å². The highest BCUT2D eigenvalue weighted by atomic mass is 16.2. The van der Waals surface area contributed by atoms with Crippen LogP contribution in [0.25, 0.3) is 5.65 Å². The molecule has 2 atom stereocenters. The van der Waals surface area contributed by atoms with Crippen LogP contribution in [-0.4, -0.2) is 63.9 Å². The maximum atomic E-state index is 12.9. The van der Waals surface area contributed by atoms with Gasteiger partial charge in [-0.25, -0.2) is 9.50 Å². The van der Waals surface area contributed by atoms with Crippen LogP contribution >= 0.6 is 0 Å². The fraction of sp³-hybridized carbons (Fsp3) is 0.389. The van der Waals surface area contributed by atoms with Gasteiger partial charge >= 0.3 is 0 Å². The van der Waals surface area contributed by atoms with E-state index in [4.69, 9.17) is 0 Å². The van der Waals surface area contributed by atoms with E-state index in [-0.39, 0.29) is 34.9 Å². The van der Waals surface area contributed by atoms with Crippen LogP contribution in [-0.2, 0) is 19.8 Å². The van der Waals surface area contributed by atoms with Gasteiger partial charge in [-0.05, 0) is 74.1 Å². The molecule has 4 aromatic rings. The maximum absolute atomic E-state index is 12.9. The number of hydrogen-bond acceptors (Lipinski definition) is 8. The molecule has 0 bridgehead atoms. The van der Waals surface area contributed by atoms with Crippen molar-refractivity contribution >= 4 is 46.3 Å². The minimum Gasteiger partial charge on any atom is -0.374 e. The number of pyridine rings is 1. The number of benzene rings is 2. The number of nitrogens with one attached hydrogen (secondary N) is 4. The molecule has 0 saturated carbocycles. The van der Waals surface area contributed by atoms with Crippen LogP contribution in [0.2, 0.25) is 0 Å². The third kappa shape index (κ3) is 7.64. The third-order valence-electron chi connectivity index (χ3n) is 9.23. The number of aryl methyl sites for hydroxylation is 1. The fourth-order valence-electron chi connectivity index (χ4n) is 6.43. The summed E-state index contributed by atoms with van der Waals surface area (Å²) in [7, 11) is 0. The topological polar surface area (TPSA) is 150 Å². The number of carbonyl (C=O) groups excluding carboxylic acids is 4. The molecule has 2 aliphatic rings. The van der Waals surface area contributed by atoms with Crippen LogP contribution in [0.3, 0.4) is 0 Å². The lowest BCUT2D eigenvalue weighted by molar-refractivity contribution is -0.133. The summed E-state index contributed by atoms with van der Waals surface area (Å²) in [5.74, 6) is -0.847. The summed E-state index contributed by atoms with van der Waals surface area (Å²) < 4.78 is 1.71. The summed E-state index contributed by atoms with van der Waals surface area (Å²) in [5.41, 5.74) is 5.52. The maximum Gasteiger partial charge on any atom is 0.290 e. The number of carbonyl (C=O) groups is 4. The molecule has 4 N–H and O–H groups in total. The third-order valence-corrected chi connectivity index (χ3v) is 9.23. The van der Waals surface area contributed by atoms with E-state index in [1.54, 1.807) is 28.8 Å². The lowest BCUT2D eigenvalue weighted by Crippen LogP contribution is -2.47. The predicted octanol–water partition coefficient (Wildman–Crippen LogP) is 4.35. The van der Waals surface area contributed by atoms with E-state index in [0.29, 0.717) is 43.6 Å². The van der Waals surface area contributed by atoms with Crippen LogP contribution in [0.5, 0.6) is 0 Å². The number of unbranched alkanes of at least 4 members (excludes halogenated alkanes) is 2. The van der Waals surface area contributed by atoms with Crippen LogP contribution in [0, 0.1) is 6.92 Å². The van der Waals surface area contributed by atoms with E-state index in [0.717, 1.165) is 49.3 Å². The number of piperidine rings is 1. The summed E-state index contributed by atoms with van der Waals surface area (Å²) in [6, 6.07) is 19.4. The van der Waals surface area contributed by atoms with E-state index >= 15 is 0 Å². The molecule has 1 unspecified atom stereocenters. The van der Waals surface area contributed by atoms with Gasteiger partial charge < -0.3 is 20.9 Å². The van der Waals surface area contributed by atoms with E-state index in [2.05, 4.69) is 79.6 Å². The van der Waals surface area contributed by atoms with E-state index in [1.807, 2.05) is 13.1 Å². The van der Waals surface area contributed by atoms with Gasteiger partial charge in [0.05, 0.1) is 11.9 Å². The molecule has 4 heterocycles. The van der Waals surface area contributed by atoms with Gasteiger partial charge in [-0.2, -0.15) is 0 Å². The number of hydrogen-bond donors (Lipinski definition) is 4.